The molecule has 0 aliphatic heterocycles. The molecule has 0 saturated carbocycles. The van der Waals surface area contributed by atoms with E-state index in [9.17, 15) is 9.18 Å². The van der Waals surface area contributed by atoms with Crippen molar-refractivity contribution in [2.24, 2.45) is 0 Å². The zero-order valence-corrected chi connectivity index (χ0v) is 12.1. The van der Waals surface area contributed by atoms with Crippen LogP contribution in [-0.2, 0) is 4.74 Å². The van der Waals surface area contributed by atoms with E-state index < -0.39 is 5.97 Å². The van der Waals surface area contributed by atoms with Crippen LogP contribution in [0, 0.1) is 12.7 Å². The number of benzene rings is 1. The van der Waals surface area contributed by atoms with Gasteiger partial charge in [0.15, 0.2) is 0 Å². The number of thiazole rings is 1. The second-order valence-corrected chi connectivity index (χ2v) is 5.46. The fourth-order valence-corrected chi connectivity index (χ4v) is 2.82. The van der Waals surface area contributed by atoms with Gasteiger partial charge in [-0.05, 0) is 25.1 Å². The van der Waals surface area contributed by atoms with Gasteiger partial charge < -0.3 is 4.74 Å². The Bertz CT molecular complexity index is 612. The Balaban J connectivity index is 2.52. The monoisotopic (exact) mass is 329 g/mol. The Kier molecular flexibility index (Phi) is 3.77. The molecule has 0 N–H and O–H groups in total. The van der Waals surface area contributed by atoms with E-state index in [1.807, 2.05) is 0 Å². The third-order valence-electron chi connectivity index (χ3n) is 2.33. The highest BCUT2D eigenvalue weighted by Crippen LogP contribution is 2.31. The minimum Gasteiger partial charge on any atom is -0.465 e. The fourth-order valence-electron chi connectivity index (χ4n) is 1.46. The standard InChI is InChI=1S/C12H9BrFNO2S/c1-6-10(12(16)17-2)18-11(15-6)8-5-7(13)3-4-9(8)14/h3-5H,1-2H3. The number of carbonyl (C=O) groups excluding carboxylic acids is 1. The van der Waals surface area contributed by atoms with Crippen molar-refractivity contribution in [3.63, 3.8) is 0 Å². The zero-order chi connectivity index (χ0) is 13.3. The summed E-state index contributed by atoms with van der Waals surface area (Å²) in [6.45, 7) is 1.70. The van der Waals surface area contributed by atoms with E-state index in [4.69, 9.17) is 0 Å². The molecule has 94 valence electrons. The van der Waals surface area contributed by atoms with Crippen molar-refractivity contribution >= 4 is 33.2 Å². The first kappa shape index (κ1) is 13.2. The smallest absolute Gasteiger partial charge is 0.349 e. The van der Waals surface area contributed by atoms with Crippen molar-refractivity contribution in [3.05, 3.63) is 39.1 Å². The zero-order valence-electron chi connectivity index (χ0n) is 9.66. The van der Waals surface area contributed by atoms with Crippen molar-refractivity contribution in [1.29, 1.82) is 0 Å². The number of aromatic nitrogens is 1. The van der Waals surface area contributed by atoms with Crippen LogP contribution in [0.15, 0.2) is 22.7 Å². The number of hydrogen-bond acceptors (Lipinski definition) is 4. The number of methoxy groups -OCH3 is 1. The molecule has 0 spiro atoms. The van der Waals surface area contributed by atoms with Gasteiger partial charge in [0.25, 0.3) is 0 Å². The number of rotatable bonds is 2. The molecule has 0 unspecified atom stereocenters. The Morgan fingerprint density at radius 2 is 2.22 bits per heavy atom. The first-order valence-electron chi connectivity index (χ1n) is 5.04. The van der Waals surface area contributed by atoms with E-state index in [-0.39, 0.29) is 5.82 Å². The average molecular weight is 330 g/mol. The first-order chi connectivity index (χ1) is 8.52. The van der Waals surface area contributed by atoms with E-state index >= 15 is 0 Å². The van der Waals surface area contributed by atoms with Crippen molar-refractivity contribution in [2.75, 3.05) is 7.11 Å². The number of esters is 1. The van der Waals surface area contributed by atoms with Crippen LogP contribution in [0.25, 0.3) is 10.6 Å². The Morgan fingerprint density at radius 1 is 1.50 bits per heavy atom. The molecule has 0 amide bonds. The van der Waals surface area contributed by atoms with Gasteiger partial charge in [-0.3, -0.25) is 0 Å². The Morgan fingerprint density at radius 3 is 2.89 bits per heavy atom. The van der Waals surface area contributed by atoms with Crippen LogP contribution in [0.1, 0.15) is 15.4 Å². The summed E-state index contributed by atoms with van der Waals surface area (Å²) in [5.74, 6) is -0.824. The normalized spacial score (nSPS) is 10.4. The van der Waals surface area contributed by atoms with Crippen molar-refractivity contribution < 1.29 is 13.9 Å². The van der Waals surface area contributed by atoms with Crippen LogP contribution < -0.4 is 0 Å². The number of carbonyl (C=O) groups is 1. The fraction of sp³-hybridized carbons (Fsp3) is 0.167. The van der Waals surface area contributed by atoms with Crippen molar-refractivity contribution in [2.45, 2.75) is 6.92 Å². The minimum atomic E-state index is -0.452. The molecule has 1 aromatic carbocycles. The average Bonchev–Trinajstić information content (AvgIpc) is 2.73. The number of nitrogens with zero attached hydrogens (tertiary/aromatic N) is 1. The second-order valence-electron chi connectivity index (χ2n) is 3.55. The predicted molar refractivity (Wildman–Crippen MR) is 71.3 cm³/mol. The number of aryl methyl sites for hydroxylation is 1. The van der Waals surface area contributed by atoms with Crippen molar-refractivity contribution in [3.8, 4) is 10.6 Å². The molecule has 3 nitrogen and oxygen atoms in total. The van der Waals surface area contributed by atoms with Gasteiger partial charge in [0.1, 0.15) is 15.7 Å². The summed E-state index contributed by atoms with van der Waals surface area (Å²) >= 11 is 4.40. The van der Waals surface area contributed by atoms with Crippen LogP contribution in [-0.4, -0.2) is 18.1 Å². The molecule has 0 saturated heterocycles. The van der Waals surface area contributed by atoms with Gasteiger partial charge >= 0.3 is 5.97 Å². The molecule has 18 heavy (non-hydrogen) atoms. The summed E-state index contributed by atoms with van der Waals surface area (Å²) in [5, 5.41) is 0.465. The van der Waals surface area contributed by atoms with Crippen LogP contribution >= 0.6 is 27.3 Å². The SMILES string of the molecule is COC(=O)c1sc(-c2cc(Br)ccc2F)nc1C. The van der Waals surface area contributed by atoms with E-state index in [2.05, 4.69) is 25.7 Å². The maximum atomic E-state index is 13.7. The molecule has 6 heteroatoms. The summed E-state index contributed by atoms with van der Waals surface area (Å²) in [6.07, 6.45) is 0. The lowest BCUT2D eigenvalue weighted by atomic mass is 10.2. The van der Waals surface area contributed by atoms with E-state index in [1.54, 1.807) is 19.1 Å². The van der Waals surface area contributed by atoms with Crippen LogP contribution in [0.5, 0.6) is 0 Å². The van der Waals surface area contributed by atoms with Gasteiger partial charge in [0.2, 0.25) is 0 Å². The molecule has 0 bridgehead atoms. The van der Waals surface area contributed by atoms with Gasteiger partial charge in [-0.2, -0.15) is 0 Å². The molecule has 0 fully saturated rings. The molecular formula is C12H9BrFNO2S. The summed E-state index contributed by atoms with van der Waals surface area (Å²) in [4.78, 5) is 16.1. The lowest BCUT2D eigenvalue weighted by molar-refractivity contribution is 0.0605. The molecule has 1 heterocycles. The third-order valence-corrected chi connectivity index (χ3v) is 3.99. The third kappa shape index (κ3) is 2.44. The van der Waals surface area contributed by atoms with Crippen LogP contribution in [0.4, 0.5) is 4.39 Å². The molecular weight excluding hydrogens is 321 g/mol. The van der Waals surface area contributed by atoms with Gasteiger partial charge in [-0.25, -0.2) is 14.2 Å². The number of hydrogen-bond donors (Lipinski definition) is 0. The molecule has 2 aromatic rings. The highest BCUT2D eigenvalue weighted by molar-refractivity contribution is 9.10. The first-order valence-corrected chi connectivity index (χ1v) is 6.65. The summed E-state index contributed by atoms with van der Waals surface area (Å²) < 4.78 is 19.1. The van der Waals surface area contributed by atoms with Gasteiger partial charge in [-0.15, -0.1) is 11.3 Å². The predicted octanol–water partition coefficient (Wildman–Crippen LogP) is 3.81. The Hall–Kier alpha value is -1.27. The topological polar surface area (TPSA) is 39.2 Å². The maximum absolute atomic E-state index is 13.7. The van der Waals surface area contributed by atoms with Crippen LogP contribution in [0.3, 0.4) is 0 Å². The highest BCUT2D eigenvalue weighted by Gasteiger charge is 2.18. The number of ether oxygens (including phenoxy) is 1. The van der Waals surface area contributed by atoms with Gasteiger partial charge in [0.05, 0.1) is 12.8 Å². The minimum absolute atomic E-state index is 0.368. The van der Waals surface area contributed by atoms with Crippen LogP contribution in [0.2, 0.25) is 0 Å². The Labute approximate surface area is 116 Å². The van der Waals surface area contributed by atoms with E-state index in [0.717, 1.165) is 15.8 Å². The quantitative estimate of drug-likeness (QED) is 0.786. The molecule has 1 aromatic heterocycles. The van der Waals surface area contributed by atoms with Crippen molar-refractivity contribution in [1.82, 2.24) is 4.98 Å². The van der Waals surface area contributed by atoms with Gasteiger partial charge in [0, 0.05) is 10.0 Å². The van der Waals surface area contributed by atoms with E-state index in [0.29, 0.717) is 21.1 Å². The second kappa shape index (κ2) is 5.16. The molecule has 0 aliphatic rings. The molecule has 0 atom stereocenters. The number of halogens is 2. The maximum Gasteiger partial charge on any atom is 0.349 e. The lowest BCUT2D eigenvalue weighted by Gasteiger charge is -1.99. The summed E-state index contributed by atoms with van der Waals surface area (Å²) in [7, 11) is 1.31. The summed E-state index contributed by atoms with van der Waals surface area (Å²) in [5.41, 5.74) is 0.911. The molecule has 2 rings (SSSR count). The molecule has 0 radical (unpaired) electrons. The van der Waals surface area contributed by atoms with E-state index in [1.165, 1.54) is 13.2 Å². The molecule has 0 aliphatic carbocycles. The largest absolute Gasteiger partial charge is 0.465 e. The lowest BCUT2D eigenvalue weighted by Crippen LogP contribution is -1.99. The van der Waals surface area contributed by atoms with Gasteiger partial charge in [-0.1, -0.05) is 15.9 Å². The summed E-state index contributed by atoms with van der Waals surface area (Å²) in [6, 6.07) is 4.60. The highest BCUT2D eigenvalue weighted by atomic mass is 79.9.